The van der Waals surface area contributed by atoms with Gasteiger partial charge in [-0.25, -0.2) is 4.98 Å². The third kappa shape index (κ3) is 3.80. The number of thiophene rings is 1. The van der Waals surface area contributed by atoms with Gasteiger partial charge in [0.1, 0.15) is 10.8 Å². The molecular formula is C17H19N5OS2. The molecule has 0 fully saturated rings. The minimum Gasteiger partial charge on any atom is -0.348 e. The summed E-state index contributed by atoms with van der Waals surface area (Å²) in [4.78, 5) is 17.9. The number of hydrogen-bond acceptors (Lipinski definition) is 6. The number of nitrogens with one attached hydrogen (secondary N) is 1. The molecule has 0 unspecified atom stereocenters. The lowest BCUT2D eigenvalue weighted by atomic mass is 10.2. The van der Waals surface area contributed by atoms with Gasteiger partial charge in [-0.1, -0.05) is 12.5 Å². The van der Waals surface area contributed by atoms with Crippen molar-refractivity contribution < 1.29 is 4.79 Å². The molecule has 3 aromatic heterocycles. The van der Waals surface area contributed by atoms with Crippen molar-refractivity contribution in [3.63, 3.8) is 0 Å². The second-order valence-electron chi connectivity index (χ2n) is 6.07. The molecule has 6 nitrogen and oxygen atoms in total. The third-order valence-corrected chi connectivity index (χ3v) is 6.19. The highest BCUT2D eigenvalue weighted by molar-refractivity contribution is 7.20. The number of fused-ring (bicyclic) bond motifs is 1. The van der Waals surface area contributed by atoms with E-state index in [0.29, 0.717) is 13.0 Å². The first kappa shape index (κ1) is 16.4. The predicted octanol–water partition coefficient (Wildman–Crippen LogP) is 3.05. The van der Waals surface area contributed by atoms with Crippen molar-refractivity contribution in [3.8, 4) is 9.88 Å². The van der Waals surface area contributed by atoms with Crippen LogP contribution in [0.25, 0.3) is 9.88 Å². The number of carbonyl (C=O) groups excluding carboxylic acids is 1. The van der Waals surface area contributed by atoms with Crippen LogP contribution in [0.1, 0.15) is 36.6 Å². The van der Waals surface area contributed by atoms with E-state index in [1.807, 2.05) is 22.9 Å². The van der Waals surface area contributed by atoms with Crippen molar-refractivity contribution in [2.24, 2.45) is 0 Å². The van der Waals surface area contributed by atoms with Crippen molar-refractivity contribution in [1.82, 2.24) is 25.1 Å². The molecule has 1 aliphatic rings. The van der Waals surface area contributed by atoms with Gasteiger partial charge in [-0.3, -0.25) is 4.79 Å². The fraction of sp³-hybridized carbons (Fsp3) is 0.412. The third-order valence-electron chi connectivity index (χ3n) is 4.26. The molecule has 0 aromatic carbocycles. The van der Waals surface area contributed by atoms with E-state index in [1.54, 1.807) is 22.7 Å². The van der Waals surface area contributed by atoms with Crippen LogP contribution in [-0.2, 0) is 30.7 Å². The fourth-order valence-corrected chi connectivity index (χ4v) is 4.62. The van der Waals surface area contributed by atoms with E-state index in [-0.39, 0.29) is 5.91 Å². The summed E-state index contributed by atoms with van der Waals surface area (Å²) < 4.78 is 2.16. The summed E-state index contributed by atoms with van der Waals surface area (Å²) in [6, 6.07) is 4.06. The Bertz CT molecular complexity index is 852. The van der Waals surface area contributed by atoms with E-state index in [4.69, 9.17) is 0 Å². The van der Waals surface area contributed by atoms with Crippen molar-refractivity contribution in [2.75, 3.05) is 0 Å². The average Bonchev–Trinajstić information content (AvgIpc) is 3.32. The minimum atomic E-state index is -0.0333. The molecule has 4 heterocycles. The normalized spacial score (nSPS) is 14.1. The van der Waals surface area contributed by atoms with Gasteiger partial charge in [-0.05, 0) is 24.3 Å². The lowest BCUT2D eigenvalue weighted by Gasteiger charge is -2.07. The number of thiazole rings is 1. The number of aromatic nitrogens is 4. The van der Waals surface area contributed by atoms with Gasteiger partial charge >= 0.3 is 0 Å². The summed E-state index contributed by atoms with van der Waals surface area (Å²) in [5.74, 6) is 1.86. The van der Waals surface area contributed by atoms with Crippen molar-refractivity contribution in [1.29, 1.82) is 0 Å². The highest BCUT2D eigenvalue weighted by Gasteiger charge is 2.15. The number of amides is 1. The van der Waals surface area contributed by atoms with Crippen molar-refractivity contribution >= 4 is 28.6 Å². The number of aryl methyl sites for hydroxylation is 1. The Kier molecular flexibility index (Phi) is 4.89. The molecule has 130 valence electrons. The Hall–Kier alpha value is -2.06. The molecule has 1 aliphatic heterocycles. The summed E-state index contributed by atoms with van der Waals surface area (Å²) in [7, 11) is 0. The predicted molar refractivity (Wildman–Crippen MR) is 98.6 cm³/mol. The molecule has 0 aliphatic carbocycles. The Labute approximate surface area is 153 Å². The number of rotatable bonds is 5. The molecular weight excluding hydrogens is 354 g/mol. The van der Waals surface area contributed by atoms with E-state index in [0.717, 1.165) is 46.6 Å². The largest absolute Gasteiger partial charge is 0.348 e. The second kappa shape index (κ2) is 7.45. The zero-order valence-electron chi connectivity index (χ0n) is 13.8. The summed E-state index contributed by atoms with van der Waals surface area (Å²) in [5, 5.41) is 16.4. The van der Waals surface area contributed by atoms with E-state index < -0.39 is 0 Å². The molecule has 0 saturated heterocycles. The number of hydrogen-bond donors (Lipinski definition) is 1. The molecule has 0 atom stereocenters. The molecule has 3 aromatic rings. The van der Waals surface area contributed by atoms with E-state index in [9.17, 15) is 4.79 Å². The first-order valence-corrected chi connectivity index (χ1v) is 10.2. The Morgan fingerprint density at radius 2 is 2.20 bits per heavy atom. The topological polar surface area (TPSA) is 72.7 Å². The van der Waals surface area contributed by atoms with Gasteiger partial charge in [0, 0.05) is 18.3 Å². The van der Waals surface area contributed by atoms with Gasteiger partial charge in [0.2, 0.25) is 5.91 Å². The number of nitrogens with zero attached hydrogens (tertiary/aromatic N) is 4. The molecule has 4 rings (SSSR count). The summed E-state index contributed by atoms with van der Waals surface area (Å²) in [5.41, 5.74) is 0.811. The van der Waals surface area contributed by atoms with Crippen molar-refractivity contribution in [2.45, 2.75) is 45.2 Å². The van der Waals surface area contributed by atoms with E-state index >= 15 is 0 Å². The lowest BCUT2D eigenvalue weighted by Crippen LogP contribution is -2.26. The first-order valence-electron chi connectivity index (χ1n) is 8.45. The Morgan fingerprint density at radius 1 is 1.24 bits per heavy atom. The Morgan fingerprint density at radius 3 is 3.08 bits per heavy atom. The van der Waals surface area contributed by atoms with E-state index in [1.165, 1.54) is 12.8 Å². The molecule has 1 amide bonds. The molecule has 0 bridgehead atoms. The highest BCUT2D eigenvalue weighted by Crippen LogP contribution is 2.27. The zero-order valence-corrected chi connectivity index (χ0v) is 15.4. The van der Waals surface area contributed by atoms with Gasteiger partial charge in [0.25, 0.3) is 0 Å². The maximum Gasteiger partial charge on any atom is 0.226 e. The van der Waals surface area contributed by atoms with Gasteiger partial charge in [-0.2, -0.15) is 0 Å². The van der Waals surface area contributed by atoms with Crippen LogP contribution >= 0.6 is 22.7 Å². The minimum absolute atomic E-state index is 0.0333. The van der Waals surface area contributed by atoms with E-state index in [2.05, 4.69) is 25.1 Å². The van der Waals surface area contributed by atoms with Crippen LogP contribution < -0.4 is 5.32 Å². The zero-order chi connectivity index (χ0) is 17.1. The fourth-order valence-electron chi connectivity index (χ4n) is 2.98. The average molecular weight is 374 g/mol. The van der Waals surface area contributed by atoms with Crippen LogP contribution in [0.4, 0.5) is 0 Å². The Balaban J connectivity index is 1.35. The maximum absolute atomic E-state index is 12.2. The van der Waals surface area contributed by atoms with Crippen LogP contribution in [0.5, 0.6) is 0 Å². The monoisotopic (exact) mass is 373 g/mol. The number of carbonyl (C=O) groups is 1. The molecule has 0 radical (unpaired) electrons. The standard InChI is InChI=1S/C17H19N5OS2/c23-16(9-12-11-25-17(19-12)13-5-4-8-24-13)18-10-15-21-20-14-6-2-1-3-7-22(14)15/h4-5,8,11H,1-3,6-7,9-10H2,(H,18,23). The summed E-state index contributed by atoms with van der Waals surface area (Å²) in [6.07, 6.45) is 4.82. The highest BCUT2D eigenvalue weighted by atomic mass is 32.1. The maximum atomic E-state index is 12.2. The van der Waals surface area contributed by atoms with Gasteiger partial charge in [0.15, 0.2) is 5.82 Å². The van der Waals surface area contributed by atoms with Gasteiger partial charge in [-0.15, -0.1) is 32.9 Å². The van der Waals surface area contributed by atoms with Crippen LogP contribution in [0, 0.1) is 0 Å². The summed E-state index contributed by atoms with van der Waals surface area (Å²) in [6.45, 7) is 1.37. The molecule has 8 heteroatoms. The van der Waals surface area contributed by atoms with Crippen LogP contribution in [-0.4, -0.2) is 25.7 Å². The first-order chi connectivity index (χ1) is 12.3. The smallest absolute Gasteiger partial charge is 0.226 e. The lowest BCUT2D eigenvalue weighted by molar-refractivity contribution is -0.120. The second-order valence-corrected chi connectivity index (χ2v) is 7.88. The quantitative estimate of drug-likeness (QED) is 0.746. The van der Waals surface area contributed by atoms with Crippen molar-refractivity contribution in [3.05, 3.63) is 40.2 Å². The molecule has 25 heavy (non-hydrogen) atoms. The summed E-state index contributed by atoms with van der Waals surface area (Å²) >= 11 is 3.24. The molecule has 1 N–H and O–H groups in total. The van der Waals surface area contributed by atoms with Crippen LogP contribution in [0.2, 0.25) is 0 Å². The molecule has 0 spiro atoms. The van der Waals surface area contributed by atoms with Crippen LogP contribution in [0.3, 0.4) is 0 Å². The molecule has 0 saturated carbocycles. The van der Waals surface area contributed by atoms with Gasteiger partial charge < -0.3 is 9.88 Å². The van der Waals surface area contributed by atoms with Gasteiger partial charge in [0.05, 0.1) is 23.5 Å². The van der Waals surface area contributed by atoms with Crippen LogP contribution in [0.15, 0.2) is 22.9 Å². The SMILES string of the molecule is O=C(Cc1csc(-c2cccs2)n1)NCc1nnc2n1CCCCC2.